The highest BCUT2D eigenvalue weighted by Gasteiger charge is 2.50. The summed E-state index contributed by atoms with van der Waals surface area (Å²) in [5.74, 6) is -1.31. The van der Waals surface area contributed by atoms with Gasteiger partial charge in [-0.05, 0) is 32.6 Å². The molecular formula is C16H27NO4. The Balaban J connectivity index is 2.62. The quantitative estimate of drug-likeness (QED) is 0.699. The largest absolute Gasteiger partial charge is 0.481 e. The molecule has 1 aliphatic heterocycles. The highest BCUT2D eigenvalue weighted by molar-refractivity contribution is 6.06. The number of hydrogen-bond donors (Lipinski definition) is 1. The van der Waals surface area contributed by atoms with Gasteiger partial charge in [-0.3, -0.25) is 19.3 Å². The van der Waals surface area contributed by atoms with Crippen LogP contribution in [0.3, 0.4) is 0 Å². The van der Waals surface area contributed by atoms with Crippen LogP contribution in [0.5, 0.6) is 0 Å². The maximum Gasteiger partial charge on any atom is 0.306 e. The molecule has 2 atom stereocenters. The maximum atomic E-state index is 12.6. The molecule has 2 unspecified atom stereocenters. The van der Waals surface area contributed by atoms with Gasteiger partial charge in [0, 0.05) is 12.5 Å². The third kappa shape index (κ3) is 3.63. The van der Waals surface area contributed by atoms with Gasteiger partial charge in [-0.25, -0.2) is 0 Å². The summed E-state index contributed by atoms with van der Waals surface area (Å²) in [5.41, 5.74) is -0.514. The molecule has 0 radical (unpaired) electrons. The fourth-order valence-electron chi connectivity index (χ4n) is 3.04. The Hall–Kier alpha value is -1.39. The molecule has 1 rings (SSSR count). The minimum Gasteiger partial charge on any atom is -0.481 e. The van der Waals surface area contributed by atoms with Gasteiger partial charge >= 0.3 is 5.97 Å². The molecule has 0 aromatic heterocycles. The van der Waals surface area contributed by atoms with Crippen molar-refractivity contribution in [2.75, 3.05) is 0 Å². The van der Waals surface area contributed by atoms with Gasteiger partial charge in [-0.2, -0.15) is 0 Å². The van der Waals surface area contributed by atoms with E-state index < -0.39 is 11.4 Å². The molecule has 0 aromatic carbocycles. The first-order valence-corrected chi connectivity index (χ1v) is 7.88. The van der Waals surface area contributed by atoms with Crippen LogP contribution >= 0.6 is 0 Å². The van der Waals surface area contributed by atoms with Crippen LogP contribution in [0.4, 0.5) is 0 Å². The summed E-state index contributed by atoms with van der Waals surface area (Å²) in [4.78, 5) is 36.9. The fraction of sp³-hybridized carbons (Fsp3) is 0.812. The van der Waals surface area contributed by atoms with Crippen LogP contribution in [-0.2, 0) is 14.4 Å². The number of carbonyl (C=O) groups is 3. The van der Waals surface area contributed by atoms with Crippen molar-refractivity contribution >= 4 is 17.8 Å². The summed E-state index contributed by atoms with van der Waals surface area (Å²) in [6.45, 7) is 7.47. The van der Waals surface area contributed by atoms with Crippen LogP contribution in [0.15, 0.2) is 0 Å². The van der Waals surface area contributed by atoms with Crippen molar-refractivity contribution in [3.8, 4) is 0 Å². The number of likely N-dealkylation sites (tertiary alicyclic amines) is 1. The zero-order valence-electron chi connectivity index (χ0n) is 13.5. The number of rotatable bonds is 8. The lowest BCUT2D eigenvalue weighted by Gasteiger charge is -2.27. The van der Waals surface area contributed by atoms with E-state index in [0.29, 0.717) is 38.5 Å². The molecule has 1 saturated heterocycles. The topological polar surface area (TPSA) is 74.7 Å². The van der Waals surface area contributed by atoms with Crippen LogP contribution in [0.1, 0.15) is 66.2 Å². The van der Waals surface area contributed by atoms with E-state index in [-0.39, 0.29) is 23.8 Å². The number of amides is 2. The molecule has 0 aliphatic carbocycles. The Kier molecular flexibility index (Phi) is 5.93. The van der Waals surface area contributed by atoms with Gasteiger partial charge in [0.2, 0.25) is 11.8 Å². The van der Waals surface area contributed by atoms with Gasteiger partial charge in [-0.1, -0.05) is 27.2 Å². The van der Waals surface area contributed by atoms with Crippen molar-refractivity contribution in [3.63, 3.8) is 0 Å². The molecule has 120 valence electrons. The average molecular weight is 297 g/mol. The first kappa shape index (κ1) is 17.7. The molecule has 2 amide bonds. The van der Waals surface area contributed by atoms with Crippen LogP contribution in [0.2, 0.25) is 0 Å². The monoisotopic (exact) mass is 297 g/mol. The van der Waals surface area contributed by atoms with Crippen molar-refractivity contribution in [1.29, 1.82) is 0 Å². The standard InChI is InChI=1S/C16H27NO4/c1-5-16(6-2)10-13(18)17(15(16)21)12(4)9-7-8-11(3)14(19)20/h11-12H,5-10H2,1-4H3,(H,19,20). The minimum absolute atomic E-state index is 0.0451. The zero-order chi connectivity index (χ0) is 16.2. The van der Waals surface area contributed by atoms with E-state index in [1.807, 2.05) is 20.8 Å². The average Bonchev–Trinajstić information content (AvgIpc) is 2.69. The first-order valence-electron chi connectivity index (χ1n) is 7.88. The van der Waals surface area contributed by atoms with E-state index in [4.69, 9.17) is 5.11 Å². The Morgan fingerprint density at radius 3 is 2.24 bits per heavy atom. The normalized spacial score (nSPS) is 20.7. The van der Waals surface area contributed by atoms with Gasteiger partial charge in [0.15, 0.2) is 0 Å². The molecule has 0 spiro atoms. The first-order chi connectivity index (χ1) is 9.79. The Morgan fingerprint density at radius 2 is 1.81 bits per heavy atom. The lowest BCUT2D eigenvalue weighted by Crippen LogP contribution is -2.41. The Morgan fingerprint density at radius 1 is 1.24 bits per heavy atom. The van der Waals surface area contributed by atoms with E-state index in [0.717, 1.165) is 0 Å². The molecule has 1 N–H and O–H groups in total. The maximum absolute atomic E-state index is 12.6. The second-order valence-corrected chi connectivity index (χ2v) is 6.25. The number of imide groups is 1. The third-order valence-corrected chi connectivity index (χ3v) is 4.91. The number of hydrogen-bond acceptors (Lipinski definition) is 3. The van der Waals surface area contributed by atoms with E-state index in [9.17, 15) is 14.4 Å². The zero-order valence-corrected chi connectivity index (χ0v) is 13.5. The lowest BCUT2D eigenvalue weighted by atomic mass is 9.81. The molecule has 1 fully saturated rings. The van der Waals surface area contributed by atoms with Crippen LogP contribution < -0.4 is 0 Å². The SMILES string of the molecule is CCC1(CC)CC(=O)N(C(C)CCCC(C)C(=O)O)C1=O. The summed E-state index contributed by atoms with van der Waals surface area (Å²) in [7, 11) is 0. The number of nitrogens with zero attached hydrogens (tertiary/aromatic N) is 1. The molecule has 5 heteroatoms. The number of aliphatic carboxylic acids is 1. The predicted octanol–water partition coefficient (Wildman–Crippen LogP) is 2.83. The van der Waals surface area contributed by atoms with Crippen molar-refractivity contribution < 1.29 is 19.5 Å². The molecule has 0 bridgehead atoms. The summed E-state index contributed by atoms with van der Waals surface area (Å²) >= 11 is 0. The van der Waals surface area contributed by atoms with Crippen molar-refractivity contribution in [1.82, 2.24) is 4.90 Å². The van der Waals surface area contributed by atoms with Crippen molar-refractivity contribution in [3.05, 3.63) is 0 Å². The molecule has 1 aliphatic rings. The van der Waals surface area contributed by atoms with Gasteiger partial charge in [0.1, 0.15) is 0 Å². The predicted molar refractivity (Wildman–Crippen MR) is 79.6 cm³/mol. The third-order valence-electron chi connectivity index (χ3n) is 4.91. The van der Waals surface area contributed by atoms with Gasteiger partial charge < -0.3 is 5.11 Å². The number of carbonyl (C=O) groups excluding carboxylic acids is 2. The molecule has 0 aromatic rings. The van der Waals surface area contributed by atoms with Gasteiger partial charge in [0.25, 0.3) is 0 Å². The second-order valence-electron chi connectivity index (χ2n) is 6.25. The van der Waals surface area contributed by atoms with E-state index in [1.54, 1.807) is 6.92 Å². The van der Waals surface area contributed by atoms with Crippen molar-refractivity contribution in [2.24, 2.45) is 11.3 Å². The molecule has 21 heavy (non-hydrogen) atoms. The van der Waals surface area contributed by atoms with Crippen molar-refractivity contribution in [2.45, 2.75) is 72.3 Å². The Bertz CT molecular complexity index is 415. The highest BCUT2D eigenvalue weighted by Crippen LogP contribution is 2.40. The molecule has 5 nitrogen and oxygen atoms in total. The molecule has 0 saturated carbocycles. The fourth-order valence-corrected chi connectivity index (χ4v) is 3.04. The van der Waals surface area contributed by atoms with Crippen LogP contribution in [-0.4, -0.2) is 33.8 Å². The second kappa shape index (κ2) is 7.05. The van der Waals surface area contributed by atoms with Gasteiger partial charge in [0.05, 0.1) is 11.3 Å². The molecular weight excluding hydrogens is 270 g/mol. The summed E-state index contributed by atoms with van der Waals surface area (Å²) < 4.78 is 0. The van der Waals surface area contributed by atoms with Crippen LogP contribution in [0.25, 0.3) is 0 Å². The number of carboxylic acids is 1. The van der Waals surface area contributed by atoms with E-state index >= 15 is 0 Å². The summed E-state index contributed by atoms with van der Waals surface area (Å²) in [6, 6.07) is -0.147. The Labute approximate surface area is 126 Å². The van der Waals surface area contributed by atoms with E-state index in [1.165, 1.54) is 4.90 Å². The lowest BCUT2D eigenvalue weighted by molar-refractivity contribution is -0.145. The van der Waals surface area contributed by atoms with Crippen LogP contribution in [0, 0.1) is 11.3 Å². The summed E-state index contributed by atoms with van der Waals surface area (Å²) in [6.07, 6.45) is 3.63. The summed E-state index contributed by atoms with van der Waals surface area (Å²) in [5, 5.41) is 8.86. The smallest absolute Gasteiger partial charge is 0.306 e. The van der Waals surface area contributed by atoms with Gasteiger partial charge in [-0.15, -0.1) is 0 Å². The van der Waals surface area contributed by atoms with E-state index in [2.05, 4.69) is 0 Å². The molecule has 1 heterocycles. The minimum atomic E-state index is -0.799. The number of carboxylic acid groups (broad SMARTS) is 1. The highest BCUT2D eigenvalue weighted by atomic mass is 16.4.